The zero-order chi connectivity index (χ0) is 10.7. The molecule has 15 heavy (non-hydrogen) atoms. The van der Waals surface area contributed by atoms with Crippen LogP contribution in [0.5, 0.6) is 0 Å². The number of nitrogens with zero attached hydrogens (tertiary/aromatic N) is 1. The Morgan fingerprint density at radius 2 is 2.13 bits per heavy atom. The summed E-state index contributed by atoms with van der Waals surface area (Å²) >= 11 is 0. The maximum Gasteiger partial charge on any atom is 0.0415 e. The first-order valence-corrected chi connectivity index (χ1v) is 5.15. The van der Waals surface area contributed by atoms with Gasteiger partial charge in [0, 0.05) is 31.7 Å². The third-order valence-corrected chi connectivity index (χ3v) is 2.41. The lowest BCUT2D eigenvalue weighted by Crippen LogP contribution is -1.98. The summed E-state index contributed by atoms with van der Waals surface area (Å²) in [5.74, 6) is 0. The molecule has 0 aliphatic carbocycles. The summed E-state index contributed by atoms with van der Waals surface area (Å²) in [5, 5.41) is 3.40. The Morgan fingerprint density at radius 1 is 1.27 bits per heavy atom. The van der Waals surface area contributed by atoms with Crippen molar-refractivity contribution < 1.29 is 0 Å². The van der Waals surface area contributed by atoms with Gasteiger partial charge in [-0.2, -0.15) is 0 Å². The fourth-order valence-corrected chi connectivity index (χ4v) is 1.62. The van der Waals surface area contributed by atoms with E-state index in [4.69, 9.17) is 0 Å². The van der Waals surface area contributed by atoms with Gasteiger partial charge >= 0.3 is 0 Å². The molecule has 1 aromatic carbocycles. The fourth-order valence-electron chi connectivity index (χ4n) is 1.62. The molecule has 0 spiro atoms. The number of aromatic nitrogens is 1. The van der Waals surface area contributed by atoms with E-state index in [0.29, 0.717) is 0 Å². The highest BCUT2D eigenvalue weighted by Gasteiger charge is 1.95. The molecule has 0 amide bonds. The summed E-state index contributed by atoms with van der Waals surface area (Å²) < 4.78 is 2.06. The van der Waals surface area contributed by atoms with Crippen molar-refractivity contribution in [3.63, 3.8) is 0 Å². The van der Waals surface area contributed by atoms with E-state index in [1.807, 2.05) is 7.05 Å². The summed E-state index contributed by atoms with van der Waals surface area (Å²) in [6.07, 6.45) is 4.19. The molecule has 1 heterocycles. The lowest BCUT2D eigenvalue weighted by Gasteiger charge is -2.05. The summed E-state index contributed by atoms with van der Waals surface area (Å²) in [4.78, 5) is 0. The summed E-state index contributed by atoms with van der Waals surface area (Å²) in [5.41, 5.74) is 3.77. The molecule has 2 aromatic rings. The van der Waals surface area contributed by atoms with Crippen LogP contribution in [0.15, 0.2) is 42.7 Å². The normalized spacial score (nSPS) is 10.3. The fraction of sp³-hybridized carbons (Fsp3) is 0.231. The van der Waals surface area contributed by atoms with Crippen LogP contribution in [0.3, 0.4) is 0 Å². The maximum atomic E-state index is 3.40. The second-order valence-electron chi connectivity index (χ2n) is 3.91. The third-order valence-electron chi connectivity index (χ3n) is 2.41. The number of nitrogens with one attached hydrogen (secondary N) is 1. The molecule has 0 aliphatic heterocycles. The SMILES string of the molecule is Cc1cccc(NCc2ccn(C)c2)c1. The number of rotatable bonds is 3. The largest absolute Gasteiger partial charge is 0.381 e. The summed E-state index contributed by atoms with van der Waals surface area (Å²) in [6, 6.07) is 10.6. The van der Waals surface area contributed by atoms with E-state index in [1.54, 1.807) is 0 Å². The molecule has 0 bridgehead atoms. The zero-order valence-electron chi connectivity index (χ0n) is 9.20. The molecule has 1 N–H and O–H groups in total. The van der Waals surface area contributed by atoms with Gasteiger partial charge in [0.15, 0.2) is 0 Å². The molecular weight excluding hydrogens is 184 g/mol. The van der Waals surface area contributed by atoms with E-state index in [2.05, 4.69) is 59.5 Å². The van der Waals surface area contributed by atoms with Crippen LogP contribution in [-0.4, -0.2) is 4.57 Å². The number of hydrogen-bond acceptors (Lipinski definition) is 1. The molecule has 2 heteroatoms. The lowest BCUT2D eigenvalue weighted by molar-refractivity contribution is 0.920. The van der Waals surface area contributed by atoms with Crippen LogP contribution in [0.2, 0.25) is 0 Å². The number of benzene rings is 1. The average molecular weight is 200 g/mol. The van der Waals surface area contributed by atoms with Crippen molar-refractivity contribution in [1.29, 1.82) is 0 Å². The van der Waals surface area contributed by atoms with E-state index in [9.17, 15) is 0 Å². The first-order chi connectivity index (χ1) is 7.24. The minimum Gasteiger partial charge on any atom is -0.381 e. The number of hydrogen-bond donors (Lipinski definition) is 1. The molecule has 0 unspecified atom stereocenters. The van der Waals surface area contributed by atoms with Crippen LogP contribution in [0, 0.1) is 6.92 Å². The monoisotopic (exact) mass is 200 g/mol. The van der Waals surface area contributed by atoms with E-state index in [1.165, 1.54) is 16.8 Å². The minimum absolute atomic E-state index is 0.879. The van der Waals surface area contributed by atoms with Gasteiger partial charge in [-0.1, -0.05) is 12.1 Å². The molecule has 1 aromatic heterocycles. The van der Waals surface area contributed by atoms with Crippen molar-refractivity contribution in [2.45, 2.75) is 13.5 Å². The van der Waals surface area contributed by atoms with E-state index >= 15 is 0 Å². The molecule has 2 rings (SSSR count). The molecule has 0 saturated carbocycles. The Morgan fingerprint density at radius 3 is 2.80 bits per heavy atom. The van der Waals surface area contributed by atoms with Gasteiger partial charge in [0.05, 0.1) is 0 Å². The Labute approximate surface area is 90.6 Å². The molecule has 0 saturated heterocycles. The standard InChI is InChI=1S/C13H16N2/c1-11-4-3-5-13(8-11)14-9-12-6-7-15(2)10-12/h3-8,10,14H,9H2,1-2H3. The van der Waals surface area contributed by atoms with Crippen molar-refractivity contribution in [3.05, 3.63) is 53.9 Å². The van der Waals surface area contributed by atoms with Crippen LogP contribution >= 0.6 is 0 Å². The maximum absolute atomic E-state index is 3.40. The Bertz CT molecular complexity index is 443. The van der Waals surface area contributed by atoms with E-state index < -0.39 is 0 Å². The van der Waals surface area contributed by atoms with Gasteiger partial charge in [0.25, 0.3) is 0 Å². The van der Waals surface area contributed by atoms with E-state index in [-0.39, 0.29) is 0 Å². The van der Waals surface area contributed by atoms with Crippen molar-refractivity contribution in [2.24, 2.45) is 7.05 Å². The quantitative estimate of drug-likeness (QED) is 0.806. The predicted octanol–water partition coefficient (Wildman–Crippen LogP) is 2.95. The van der Waals surface area contributed by atoms with Crippen molar-refractivity contribution in [3.8, 4) is 0 Å². The van der Waals surface area contributed by atoms with Crippen LogP contribution in [0.25, 0.3) is 0 Å². The highest BCUT2D eigenvalue weighted by atomic mass is 14.9. The Kier molecular flexibility index (Phi) is 2.77. The van der Waals surface area contributed by atoms with Gasteiger partial charge < -0.3 is 9.88 Å². The van der Waals surface area contributed by atoms with Gasteiger partial charge in [0.2, 0.25) is 0 Å². The third kappa shape index (κ3) is 2.62. The smallest absolute Gasteiger partial charge is 0.0415 e. The first kappa shape index (κ1) is 9.84. The molecule has 78 valence electrons. The molecule has 2 nitrogen and oxygen atoms in total. The Balaban J connectivity index is 1.99. The lowest BCUT2D eigenvalue weighted by atomic mass is 10.2. The zero-order valence-corrected chi connectivity index (χ0v) is 9.20. The predicted molar refractivity (Wildman–Crippen MR) is 63.9 cm³/mol. The van der Waals surface area contributed by atoms with Crippen LogP contribution in [0.4, 0.5) is 5.69 Å². The van der Waals surface area contributed by atoms with Gasteiger partial charge in [-0.25, -0.2) is 0 Å². The second-order valence-corrected chi connectivity index (χ2v) is 3.91. The second kappa shape index (κ2) is 4.22. The average Bonchev–Trinajstić information content (AvgIpc) is 2.62. The van der Waals surface area contributed by atoms with Crippen LogP contribution in [0.1, 0.15) is 11.1 Å². The van der Waals surface area contributed by atoms with Crippen molar-refractivity contribution in [1.82, 2.24) is 4.57 Å². The van der Waals surface area contributed by atoms with Gasteiger partial charge in [-0.3, -0.25) is 0 Å². The van der Waals surface area contributed by atoms with Crippen molar-refractivity contribution in [2.75, 3.05) is 5.32 Å². The van der Waals surface area contributed by atoms with Gasteiger partial charge in [-0.05, 0) is 36.2 Å². The minimum atomic E-state index is 0.879. The molecular formula is C13H16N2. The van der Waals surface area contributed by atoms with Gasteiger partial charge in [0.1, 0.15) is 0 Å². The van der Waals surface area contributed by atoms with Crippen LogP contribution < -0.4 is 5.32 Å². The molecule has 0 radical (unpaired) electrons. The van der Waals surface area contributed by atoms with E-state index in [0.717, 1.165) is 6.54 Å². The highest BCUT2D eigenvalue weighted by Crippen LogP contribution is 2.11. The molecule has 0 aliphatic rings. The molecule has 0 fully saturated rings. The topological polar surface area (TPSA) is 17.0 Å². The van der Waals surface area contributed by atoms with Crippen molar-refractivity contribution >= 4 is 5.69 Å². The molecule has 0 atom stereocenters. The van der Waals surface area contributed by atoms with Crippen LogP contribution in [-0.2, 0) is 13.6 Å². The summed E-state index contributed by atoms with van der Waals surface area (Å²) in [6.45, 7) is 2.98. The number of anilines is 1. The number of aryl methyl sites for hydroxylation is 2. The van der Waals surface area contributed by atoms with Gasteiger partial charge in [-0.15, -0.1) is 0 Å². The highest BCUT2D eigenvalue weighted by molar-refractivity contribution is 5.45. The first-order valence-electron chi connectivity index (χ1n) is 5.15. The summed E-state index contributed by atoms with van der Waals surface area (Å²) in [7, 11) is 2.04. The Hall–Kier alpha value is -1.70.